The van der Waals surface area contributed by atoms with E-state index in [1.165, 1.54) is 6.07 Å². The Hall–Kier alpha value is -0.680. The van der Waals surface area contributed by atoms with E-state index in [0.29, 0.717) is 25.2 Å². The molecule has 0 aliphatic carbocycles. The first-order chi connectivity index (χ1) is 8.60. The van der Waals surface area contributed by atoms with Gasteiger partial charge in [-0.1, -0.05) is 23.7 Å². The van der Waals surface area contributed by atoms with Crippen LogP contribution in [0.5, 0.6) is 0 Å². The van der Waals surface area contributed by atoms with Gasteiger partial charge in [0.1, 0.15) is 5.82 Å². The van der Waals surface area contributed by atoms with Crippen LogP contribution in [-0.2, 0) is 15.9 Å². The van der Waals surface area contributed by atoms with Gasteiger partial charge in [0.25, 0.3) is 0 Å². The fourth-order valence-electron chi connectivity index (χ4n) is 1.68. The maximum atomic E-state index is 13.7. The molecule has 1 rings (SSSR count). The second-order valence-electron chi connectivity index (χ2n) is 3.86. The Kier molecular flexibility index (Phi) is 6.57. The van der Waals surface area contributed by atoms with Crippen LogP contribution in [0.2, 0.25) is 5.02 Å². The summed E-state index contributed by atoms with van der Waals surface area (Å²) in [7, 11) is 0. The molecule has 0 aliphatic heterocycles. The number of hydrogen-bond acceptors (Lipinski definition) is 3. The number of hydrogen-bond donors (Lipinski definition) is 1. The SMILES string of the molecule is CCOC(OCC)C(N)Cc1cccc(Cl)c1F. The lowest BCUT2D eigenvalue weighted by Crippen LogP contribution is -2.40. The van der Waals surface area contributed by atoms with Crippen molar-refractivity contribution in [3.63, 3.8) is 0 Å². The zero-order valence-corrected chi connectivity index (χ0v) is 11.4. The van der Waals surface area contributed by atoms with Crippen LogP contribution >= 0.6 is 11.6 Å². The molecule has 0 amide bonds. The van der Waals surface area contributed by atoms with Crippen molar-refractivity contribution in [2.75, 3.05) is 13.2 Å². The summed E-state index contributed by atoms with van der Waals surface area (Å²) in [4.78, 5) is 0. The molecule has 0 spiro atoms. The van der Waals surface area contributed by atoms with E-state index in [9.17, 15) is 4.39 Å². The van der Waals surface area contributed by atoms with Crippen LogP contribution in [0.1, 0.15) is 19.4 Å². The normalized spacial score (nSPS) is 13.0. The third-order valence-electron chi connectivity index (χ3n) is 2.50. The van der Waals surface area contributed by atoms with E-state index in [-0.39, 0.29) is 5.02 Å². The summed E-state index contributed by atoms with van der Waals surface area (Å²) in [5.41, 5.74) is 6.45. The molecular weight excluding hydrogens is 257 g/mol. The molecule has 0 bridgehead atoms. The van der Waals surface area contributed by atoms with Crippen LogP contribution in [0, 0.1) is 5.82 Å². The number of rotatable bonds is 7. The maximum Gasteiger partial charge on any atom is 0.172 e. The highest BCUT2D eigenvalue weighted by Gasteiger charge is 2.20. The lowest BCUT2D eigenvalue weighted by Gasteiger charge is -2.23. The van der Waals surface area contributed by atoms with E-state index in [1.54, 1.807) is 12.1 Å². The topological polar surface area (TPSA) is 44.5 Å². The lowest BCUT2D eigenvalue weighted by atomic mass is 10.1. The second-order valence-corrected chi connectivity index (χ2v) is 4.27. The summed E-state index contributed by atoms with van der Waals surface area (Å²) in [6.07, 6.45) is -0.213. The summed E-state index contributed by atoms with van der Waals surface area (Å²) in [6, 6.07) is 4.44. The summed E-state index contributed by atoms with van der Waals surface area (Å²) >= 11 is 5.72. The van der Waals surface area contributed by atoms with E-state index in [2.05, 4.69) is 0 Å². The third-order valence-corrected chi connectivity index (χ3v) is 2.79. The van der Waals surface area contributed by atoms with Gasteiger partial charge in [0.05, 0.1) is 11.1 Å². The highest BCUT2D eigenvalue weighted by molar-refractivity contribution is 6.30. The molecule has 102 valence electrons. The molecule has 0 fully saturated rings. The number of nitrogens with two attached hydrogens (primary N) is 1. The summed E-state index contributed by atoms with van der Waals surface area (Å²) in [5, 5.41) is 0.101. The quantitative estimate of drug-likeness (QED) is 0.778. The van der Waals surface area contributed by atoms with Crippen LogP contribution in [0.25, 0.3) is 0 Å². The van der Waals surface area contributed by atoms with Gasteiger partial charge in [-0.2, -0.15) is 0 Å². The van der Waals surface area contributed by atoms with E-state index < -0.39 is 18.1 Å². The van der Waals surface area contributed by atoms with Crippen molar-refractivity contribution in [1.29, 1.82) is 0 Å². The molecule has 1 unspecified atom stereocenters. The number of benzene rings is 1. The highest BCUT2D eigenvalue weighted by atomic mass is 35.5. The molecule has 3 nitrogen and oxygen atoms in total. The highest BCUT2D eigenvalue weighted by Crippen LogP contribution is 2.19. The Bertz CT molecular complexity index is 370. The summed E-state index contributed by atoms with van der Waals surface area (Å²) in [5.74, 6) is -0.429. The first-order valence-corrected chi connectivity index (χ1v) is 6.39. The fourth-order valence-corrected chi connectivity index (χ4v) is 1.87. The van der Waals surface area contributed by atoms with Gasteiger partial charge < -0.3 is 15.2 Å². The smallest absolute Gasteiger partial charge is 0.172 e. The molecule has 0 heterocycles. The molecule has 0 aliphatic rings. The van der Waals surface area contributed by atoms with Crippen molar-refractivity contribution in [2.24, 2.45) is 5.73 Å². The predicted molar refractivity (Wildman–Crippen MR) is 70.1 cm³/mol. The lowest BCUT2D eigenvalue weighted by molar-refractivity contribution is -0.148. The predicted octanol–water partition coefficient (Wildman–Crippen LogP) is 2.75. The number of ether oxygens (including phenoxy) is 2. The zero-order chi connectivity index (χ0) is 13.5. The summed E-state index contributed by atoms with van der Waals surface area (Å²) in [6.45, 7) is 4.71. The molecular formula is C13H19ClFNO2. The van der Waals surface area contributed by atoms with Crippen molar-refractivity contribution in [3.8, 4) is 0 Å². The maximum absolute atomic E-state index is 13.7. The van der Waals surface area contributed by atoms with Crippen LogP contribution < -0.4 is 5.73 Å². The number of halogens is 2. The Balaban J connectivity index is 2.72. The molecule has 0 aromatic heterocycles. The van der Waals surface area contributed by atoms with Gasteiger partial charge in [-0.05, 0) is 31.9 Å². The van der Waals surface area contributed by atoms with Crippen LogP contribution in [0.4, 0.5) is 4.39 Å². The van der Waals surface area contributed by atoms with Crippen LogP contribution in [0.15, 0.2) is 18.2 Å². The van der Waals surface area contributed by atoms with Crippen LogP contribution in [0.3, 0.4) is 0 Å². The third kappa shape index (κ3) is 4.21. The molecule has 0 radical (unpaired) electrons. The van der Waals surface area contributed by atoms with Gasteiger partial charge in [-0.15, -0.1) is 0 Å². The van der Waals surface area contributed by atoms with Gasteiger partial charge in [-0.25, -0.2) is 4.39 Å². The van der Waals surface area contributed by atoms with Gasteiger partial charge in [-0.3, -0.25) is 0 Å². The van der Waals surface area contributed by atoms with Crippen LogP contribution in [-0.4, -0.2) is 25.5 Å². The van der Waals surface area contributed by atoms with Gasteiger partial charge >= 0.3 is 0 Å². The van der Waals surface area contributed by atoms with E-state index in [1.807, 2.05) is 13.8 Å². The van der Waals surface area contributed by atoms with Crippen molar-refractivity contribution >= 4 is 11.6 Å². The van der Waals surface area contributed by atoms with Crippen molar-refractivity contribution in [1.82, 2.24) is 0 Å². The second kappa shape index (κ2) is 7.69. The minimum absolute atomic E-state index is 0.101. The van der Waals surface area contributed by atoms with Gasteiger partial charge in [0.15, 0.2) is 6.29 Å². The average Bonchev–Trinajstić information content (AvgIpc) is 2.34. The molecule has 2 N–H and O–H groups in total. The minimum Gasteiger partial charge on any atom is -0.351 e. The molecule has 0 saturated heterocycles. The largest absolute Gasteiger partial charge is 0.351 e. The first-order valence-electron chi connectivity index (χ1n) is 6.01. The average molecular weight is 276 g/mol. The Morgan fingerprint density at radius 3 is 2.44 bits per heavy atom. The molecule has 1 aromatic carbocycles. The van der Waals surface area contributed by atoms with Crippen molar-refractivity contribution in [3.05, 3.63) is 34.6 Å². The molecule has 1 aromatic rings. The monoisotopic (exact) mass is 275 g/mol. The van der Waals surface area contributed by atoms with E-state index in [0.717, 1.165) is 0 Å². The van der Waals surface area contributed by atoms with E-state index >= 15 is 0 Å². The molecule has 5 heteroatoms. The standard InChI is InChI=1S/C13H19ClFNO2/c1-3-17-13(18-4-2)11(16)8-9-6-5-7-10(14)12(9)15/h5-7,11,13H,3-4,8,16H2,1-2H3. The van der Waals surface area contributed by atoms with Crippen molar-refractivity contribution in [2.45, 2.75) is 32.6 Å². The van der Waals surface area contributed by atoms with Crippen molar-refractivity contribution < 1.29 is 13.9 Å². The zero-order valence-electron chi connectivity index (χ0n) is 10.7. The molecule has 1 atom stereocenters. The van der Waals surface area contributed by atoms with Gasteiger partial charge in [0, 0.05) is 13.2 Å². The fraction of sp³-hybridized carbons (Fsp3) is 0.538. The molecule has 0 saturated carbocycles. The minimum atomic E-state index is -0.529. The Labute approximate surface area is 112 Å². The first kappa shape index (κ1) is 15.4. The van der Waals surface area contributed by atoms with E-state index in [4.69, 9.17) is 26.8 Å². The van der Waals surface area contributed by atoms with Gasteiger partial charge in [0.2, 0.25) is 0 Å². The Morgan fingerprint density at radius 2 is 1.89 bits per heavy atom. The molecule has 18 heavy (non-hydrogen) atoms. The summed E-state index contributed by atoms with van der Waals surface area (Å²) < 4.78 is 24.5. The Morgan fingerprint density at radius 1 is 1.28 bits per heavy atom.